The minimum Gasteiger partial charge on any atom is -0.284 e. The van der Waals surface area contributed by atoms with Gasteiger partial charge >= 0.3 is 0 Å². The van der Waals surface area contributed by atoms with Crippen LogP contribution in [-0.2, 0) is 0 Å². The molecule has 1 saturated heterocycles. The Labute approximate surface area is 122 Å². The molecule has 1 N–H and O–H groups in total. The summed E-state index contributed by atoms with van der Waals surface area (Å²) in [6.07, 6.45) is 0.397. The lowest BCUT2D eigenvalue weighted by Gasteiger charge is -2.47. The summed E-state index contributed by atoms with van der Waals surface area (Å²) >= 11 is 0. The highest BCUT2D eigenvalue weighted by Gasteiger charge is 2.39. The maximum Gasteiger partial charge on any atom is 0.128 e. The van der Waals surface area contributed by atoms with Crippen LogP contribution < -0.4 is 5.43 Å². The number of nitrogens with one attached hydrogen (secondary N) is 1. The van der Waals surface area contributed by atoms with Crippen LogP contribution in [0.5, 0.6) is 0 Å². The van der Waals surface area contributed by atoms with Gasteiger partial charge in [-0.05, 0) is 13.1 Å². The van der Waals surface area contributed by atoms with E-state index < -0.39 is 16.5 Å². The van der Waals surface area contributed by atoms with E-state index in [2.05, 4.69) is 72.7 Å². The molecule has 0 radical (unpaired) electrons. The van der Waals surface area contributed by atoms with E-state index in [1.54, 1.807) is 0 Å². The second kappa shape index (κ2) is 6.36. The van der Waals surface area contributed by atoms with Gasteiger partial charge in [0.15, 0.2) is 0 Å². The maximum atomic E-state index is 3.91. The molecular formula is C13H34N4Si2. The van der Waals surface area contributed by atoms with E-state index in [1.807, 2.05) is 0 Å². The first-order valence-electron chi connectivity index (χ1n) is 7.66. The largest absolute Gasteiger partial charge is 0.284 e. The van der Waals surface area contributed by atoms with Crippen LogP contribution in [0.15, 0.2) is 0 Å². The van der Waals surface area contributed by atoms with Gasteiger partial charge in [0.25, 0.3) is 0 Å². The van der Waals surface area contributed by atoms with E-state index in [-0.39, 0.29) is 0 Å². The number of hydrogen-bond acceptors (Lipinski definition) is 4. The Morgan fingerprint density at radius 2 is 1.26 bits per heavy atom. The van der Waals surface area contributed by atoms with Crippen LogP contribution in [0.4, 0.5) is 0 Å². The summed E-state index contributed by atoms with van der Waals surface area (Å²) < 4.78 is 2.68. The molecule has 1 fully saturated rings. The lowest BCUT2D eigenvalue weighted by Crippen LogP contribution is -2.70. The molecule has 0 spiro atoms. The van der Waals surface area contributed by atoms with Crippen LogP contribution >= 0.6 is 0 Å². The molecule has 0 aromatic heterocycles. The quantitative estimate of drug-likeness (QED) is 0.601. The fraction of sp³-hybridized carbons (Fsp3) is 1.00. The molecule has 0 bridgehead atoms. The van der Waals surface area contributed by atoms with Crippen molar-refractivity contribution in [2.75, 3.05) is 26.2 Å². The number of hydrogen-bond donors (Lipinski definition) is 1. The highest BCUT2D eigenvalue weighted by Crippen LogP contribution is 2.20. The Hall–Kier alpha value is 0.274. The predicted molar refractivity (Wildman–Crippen MR) is 89.9 cm³/mol. The molecule has 1 rings (SSSR count). The van der Waals surface area contributed by atoms with Gasteiger partial charge in [-0.3, -0.25) is 14.1 Å². The van der Waals surface area contributed by atoms with Gasteiger partial charge in [-0.25, -0.2) is 5.43 Å². The van der Waals surface area contributed by atoms with E-state index in [4.69, 9.17) is 0 Å². The summed E-state index contributed by atoms with van der Waals surface area (Å²) in [7, 11) is -2.69. The Bertz CT molecular complexity index is 259. The van der Waals surface area contributed by atoms with Gasteiger partial charge in [-0.1, -0.05) is 53.1 Å². The van der Waals surface area contributed by atoms with Gasteiger partial charge in [-0.2, -0.15) is 0 Å². The Morgan fingerprint density at radius 1 is 0.895 bits per heavy atom. The molecule has 0 aromatic rings. The molecule has 4 nitrogen and oxygen atoms in total. The van der Waals surface area contributed by atoms with Crippen molar-refractivity contribution in [1.82, 2.24) is 19.6 Å². The number of likely N-dealkylation sites (N-methyl/N-ethyl adjacent to an activating group) is 2. The second-order valence-electron chi connectivity index (χ2n) is 7.44. The van der Waals surface area contributed by atoms with Crippen molar-refractivity contribution in [3.05, 3.63) is 0 Å². The first-order chi connectivity index (χ1) is 8.61. The Kier molecular flexibility index (Phi) is 5.80. The number of nitrogens with zero attached hydrogens (tertiary/aromatic N) is 3. The van der Waals surface area contributed by atoms with Crippen LogP contribution in [-0.4, -0.2) is 63.1 Å². The molecule has 1 aliphatic rings. The van der Waals surface area contributed by atoms with Gasteiger partial charge in [0, 0.05) is 13.1 Å². The lowest BCUT2D eigenvalue weighted by molar-refractivity contribution is 0.0779. The molecule has 6 heteroatoms. The van der Waals surface area contributed by atoms with Crippen LogP contribution in [0, 0.1) is 0 Å². The first-order valence-corrected chi connectivity index (χ1v) is 14.5. The molecule has 19 heavy (non-hydrogen) atoms. The third-order valence-corrected chi connectivity index (χ3v) is 10.7. The average molecular weight is 303 g/mol. The third-order valence-electron chi connectivity index (χ3n) is 3.76. The fourth-order valence-corrected chi connectivity index (χ4v) is 12.1. The minimum atomic E-state index is -1.34. The van der Waals surface area contributed by atoms with Gasteiger partial charge < -0.3 is 0 Å². The summed E-state index contributed by atoms with van der Waals surface area (Å²) in [5.41, 5.74) is 3.91. The Morgan fingerprint density at radius 3 is 1.53 bits per heavy atom. The monoisotopic (exact) mass is 302 g/mol. The summed E-state index contributed by atoms with van der Waals surface area (Å²) in [5, 5.41) is 0. The molecule has 0 aliphatic carbocycles. The van der Waals surface area contributed by atoms with Crippen LogP contribution in [0.3, 0.4) is 0 Å². The van der Waals surface area contributed by atoms with Crippen molar-refractivity contribution in [3.8, 4) is 0 Å². The van der Waals surface area contributed by atoms with E-state index >= 15 is 0 Å². The first kappa shape index (κ1) is 17.3. The minimum absolute atomic E-state index is 0.397. The van der Waals surface area contributed by atoms with Crippen molar-refractivity contribution in [1.29, 1.82) is 0 Å². The molecule has 0 aromatic carbocycles. The molecule has 0 unspecified atom stereocenters. The van der Waals surface area contributed by atoms with Crippen molar-refractivity contribution >= 4 is 16.5 Å². The molecular weight excluding hydrogens is 268 g/mol. The SMILES string of the molecule is CCN1CCN(CC)C1NN([Si](C)(C)C)[Si](C)(C)C. The summed E-state index contributed by atoms with van der Waals surface area (Å²) in [6, 6.07) is 0. The topological polar surface area (TPSA) is 21.8 Å². The highest BCUT2D eigenvalue weighted by molar-refractivity contribution is 6.89. The number of hydrazine groups is 1. The standard InChI is InChI=1S/C13H34N4Si2/c1-9-15-11-12-16(10-2)13(15)14-17(18(3,4)5)19(6,7)8/h13-14H,9-12H2,1-8H3. The van der Waals surface area contributed by atoms with Crippen molar-refractivity contribution in [2.45, 2.75) is 59.4 Å². The van der Waals surface area contributed by atoms with Gasteiger partial charge in [0.1, 0.15) is 22.8 Å². The number of rotatable bonds is 6. The van der Waals surface area contributed by atoms with E-state index in [0.29, 0.717) is 6.29 Å². The summed E-state index contributed by atoms with van der Waals surface area (Å²) in [5.74, 6) is 0. The lowest BCUT2D eigenvalue weighted by atomic mass is 10.6. The molecule has 0 atom stereocenters. The van der Waals surface area contributed by atoms with Gasteiger partial charge in [-0.15, -0.1) is 0 Å². The molecule has 0 saturated carbocycles. The zero-order valence-corrected chi connectivity index (χ0v) is 16.2. The smallest absolute Gasteiger partial charge is 0.128 e. The van der Waals surface area contributed by atoms with Crippen LogP contribution in [0.2, 0.25) is 39.3 Å². The van der Waals surface area contributed by atoms with Crippen LogP contribution in [0.25, 0.3) is 0 Å². The maximum absolute atomic E-state index is 3.91. The van der Waals surface area contributed by atoms with Crippen molar-refractivity contribution < 1.29 is 0 Å². The third kappa shape index (κ3) is 4.37. The zero-order chi connectivity index (χ0) is 14.8. The van der Waals surface area contributed by atoms with Gasteiger partial charge in [0.05, 0.1) is 0 Å². The molecule has 0 amide bonds. The second-order valence-corrected chi connectivity index (χ2v) is 17.5. The van der Waals surface area contributed by atoms with E-state index in [9.17, 15) is 0 Å². The summed E-state index contributed by atoms with van der Waals surface area (Å²) in [4.78, 5) is 5.10. The van der Waals surface area contributed by atoms with Crippen molar-refractivity contribution in [3.63, 3.8) is 0 Å². The Balaban J connectivity index is 2.88. The zero-order valence-electron chi connectivity index (χ0n) is 14.2. The molecule has 1 aliphatic heterocycles. The fourth-order valence-electron chi connectivity index (χ4n) is 3.07. The van der Waals surface area contributed by atoms with E-state index in [1.165, 1.54) is 13.1 Å². The predicted octanol–water partition coefficient (Wildman–Crippen LogP) is 2.40. The van der Waals surface area contributed by atoms with Crippen molar-refractivity contribution in [2.24, 2.45) is 0 Å². The molecule has 114 valence electrons. The average Bonchev–Trinajstić information content (AvgIpc) is 2.64. The highest BCUT2D eigenvalue weighted by atomic mass is 28.4. The molecule has 1 heterocycles. The normalized spacial score (nSPS) is 20.7. The summed E-state index contributed by atoms with van der Waals surface area (Å²) in [6.45, 7) is 23.8. The van der Waals surface area contributed by atoms with E-state index in [0.717, 1.165) is 13.1 Å². The van der Waals surface area contributed by atoms with Crippen LogP contribution in [0.1, 0.15) is 13.8 Å². The van der Waals surface area contributed by atoms with Gasteiger partial charge in [0.2, 0.25) is 0 Å².